The van der Waals surface area contributed by atoms with Crippen LogP contribution in [-0.2, 0) is 4.74 Å². The molecule has 1 aromatic rings. The lowest BCUT2D eigenvalue weighted by atomic mass is 10.1. The van der Waals surface area contributed by atoms with Crippen molar-refractivity contribution in [2.24, 2.45) is 0 Å². The molecule has 14 heavy (non-hydrogen) atoms. The predicted octanol–water partition coefficient (Wildman–Crippen LogP) is 2.44. The molecule has 0 fully saturated rings. The molecule has 0 spiro atoms. The molecule has 2 nitrogen and oxygen atoms in total. The standard InChI is InChI=1S/C11H13FO2/c1-2-7-14-8-11(13)9-3-5-10(12)6-4-9/h3-6H,2,7-8H2,1H3. The van der Waals surface area contributed by atoms with Crippen LogP contribution in [0.4, 0.5) is 4.39 Å². The minimum absolute atomic E-state index is 0.0689. The molecule has 0 amide bonds. The van der Waals surface area contributed by atoms with Gasteiger partial charge in [-0.1, -0.05) is 6.92 Å². The Labute approximate surface area is 82.7 Å². The highest BCUT2D eigenvalue weighted by Crippen LogP contribution is 2.03. The normalized spacial score (nSPS) is 10.1. The summed E-state index contributed by atoms with van der Waals surface area (Å²) in [6.07, 6.45) is 0.886. The lowest BCUT2D eigenvalue weighted by molar-refractivity contribution is 0.0761. The summed E-state index contributed by atoms with van der Waals surface area (Å²) in [4.78, 5) is 11.4. The second kappa shape index (κ2) is 5.50. The fourth-order valence-corrected chi connectivity index (χ4v) is 1.03. The lowest BCUT2D eigenvalue weighted by Gasteiger charge is -2.01. The van der Waals surface area contributed by atoms with Crippen molar-refractivity contribution in [3.63, 3.8) is 0 Å². The van der Waals surface area contributed by atoms with Crippen molar-refractivity contribution in [1.82, 2.24) is 0 Å². The molecule has 0 aliphatic heterocycles. The van der Waals surface area contributed by atoms with Crippen LogP contribution in [0.1, 0.15) is 23.7 Å². The van der Waals surface area contributed by atoms with Gasteiger partial charge in [-0.2, -0.15) is 0 Å². The SMILES string of the molecule is CCCOCC(=O)c1ccc(F)cc1. The van der Waals surface area contributed by atoms with E-state index in [2.05, 4.69) is 0 Å². The molecule has 0 aliphatic rings. The van der Waals surface area contributed by atoms with Gasteiger partial charge in [0.15, 0.2) is 5.78 Å². The van der Waals surface area contributed by atoms with E-state index < -0.39 is 0 Å². The molecule has 0 radical (unpaired) electrons. The molecule has 0 aliphatic carbocycles. The first-order valence-electron chi connectivity index (χ1n) is 4.60. The number of Topliss-reactive ketones (excluding diaryl/α,β-unsaturated/α-hetero) is 1. The molecule has 0 heterocycles. The predicted molar refractivity (Wildman–Crippen MR) is 51.8 cm³/mol. The molecular weight excluding hydrogens is 183 g/mol. The molecule has 0 atom stereocenters. The van der Waals surface area contributed by atoms with Gasteiger partial charge in [-0.15, -0.1) is 0 Å². The smallest absolute Gasteiger partial charge is 0.188 e. The summed E-state index contributed by atoms with van der Waals surface area (Å²) in [5.41, 5.74) is 0.488. The van der Waals surface area contributed by atoms with Crippen LogP contribution in [0.2, 0.25) is 0 Å². The molecule has 0 N–H and O–H groups in total. The van der Waals surface area contributed by atoms with Crippen LogP contribution in [0.15, 0.2) is 24.3 Å². The van der Waals surface area contributed by atoms with E-state index in [9.17, 15) is 9.18 Å². The second-order valence-corrected chi connectivity index (χ2v) is 2.98. The van der Waals surface area contributed by atoms with E-state index in [1.165, 1.54) is 24.3 Å². The summed E-state index contributed by atoms with van der Waals surface area (Å²) < 4.78 is 17.6. The van der Waals surface area contributed by atoms with E-state index >= 15 is 0 Å². The number of carbonyl (C=O) groups is 1. The van der Waals surface area contributed by atoms with Gasteiger partial charge in [0.1, 0.15) is 12.4 Å². The van der Waals surface area contributed by atoms with Crippen LogP contribution in [0.5, 0.6) is 0 Å². The molecule has 0 saturated carbocycles. The van der Waals surface area contributed by atoms with Crippen molar-refractivity contribution in [2.45, 2.75) is 13.3 Å². The molecule has 0 aromatic heterocycles. The highest BCUT2D eigenvalue weighted by Gasteiger charge is 2.04. The Morgan fingerprint density at radius 2 is 2.00 bits per heavy atom. The Hall–Kier alpha value is -1.22. The van der Waals surface area contributed by atoms with Crippen molar-refractivity contribution in [2.75, 3.05) is 13.2 Å². The number of halogens is 1. The summed E-state index contributed by atoms with van der Waals surface area (Å²) in [5, 5.41) is 0. The monoisotopic (exact) mass is 196 g/mol. The first kappa shape index (κ1) is 10.9. The largest absolute Gasteiger partial charge is 0.373 e. The first-order chi connectivity index (χ1) is 6.74. The zero-order valence-corrected chi connectivity index (χ0v) is 8.13. The fourth-order valence-electron chi connectivity index (χ4n) is 1.03. The van der Waals surface area contributed by atoms with E-state index in [0.29, 0.717) is 12.2 Å². The van der Waals surface area contributed by atoms with Gasteiger partial charge >= 0.3 is 0 Å². The molecule has 1 aromatic carbocycles. The topological polar surface area (TPSA) is 26.3 Å². The van der Waals surface area contributed by atoms with Gasteiger partial charge in [0.05, 0.1) is 0 Å². The van der Waals surface area contributed by atoms with Gasteiger partial charge in [-0.05, 0) is 30.7 Å². The molecule has 1 rings (SSSR count). The quantitative estimate of drug-likeness (QED) is 0.534. The molecule has 76 valence electrons. The van der Waals surface area contributed by atoms with Crippen molar-refractivity contribution in [1.29, 1.82) is 0 Å². The van der Waals surface area contributed by atoms with Gasteiger partial charge in [0.25, 0.3) is 0 Å². The maximum Gasteiger partial charge on any atom is 0.188 e. The van der Waals surface area contributed by atoms with Crippen molar-refractivity contribution in [3.05, 3.63) is 35.6 Å². The Morgan fingerprint density at radius 3 is 2.57 bits per heavy atom. The number of rotatable bonds is 5. The van der Waals surface area contributed by atoms with Crippen molar-refractivity contribution >= 4 is 5.78 Å². The Balaban J connectivity index is 2.48. The van der Waals surface area contributed by atoms with Crippen molar-refractivity contribution in [3.8, 4) is 0 Å². The molecule has 0 bridgehead atoms. The van der Waals surface area contributed by atoms with Gasteiger partial charge in [-0.3, -0.25) is 4.79 Å². The number of ketones is 1. The summed E-state index contributed by atoms with van der Waals surface area (Å²) in [6, 6.07) is 5.47. The Morgan fingerprint density at radius 1 is 1.36 bits per heavy atom. The lowest BCUT2D eigenvalue weighted by Crippen LogP contribution is -2.09. The average Bonchev–Trinajstić information content (AvgIpc) is 2.19. The third kappa shape index (κ3) is 3.26. The van der Waals surface area contributed by atoms with Gasteiger partial charge < -0.3 is 4.74 Å². The maximum absolute atomic E-state index is 12.5. The number of ether oxygens (including phenoxy) is 1. The zero-order valence-electron chi connectivity index (χ0n) is 8.13. The van der Waals surface area contributed by atoms with E-state index in [4.69, 9.17) is 4.74 Å². The third-order valence-corrected chi connectivity index (χ3v) is 1.75. The third-order valence-electron chi connectivity index (χ3n) is 1.75. The van der Waals surface area contributed by atoms with Gasteiger partial charge in [0.2, 0.25) is 0 Å². The number of carbonyl (C=O) groups excluding carboxylic acids is 1. The summed E-state index contributed by atoms with van der Waals surface area (Å²) in [6.45, 7) is 2.62. The van der Waals surface area contributed by atoms with E-state index in [0.717, 1.165) is 6.42 Å². The summed E-state index contributed by atoms with van der Waals surface area (Å²) in [5.74, 6) is -0.450. The Kier molecular flexibility index (Phi) is 4.26. The summed E-state index contributed by atoms with van der Waals surface area (Å²) in [7, 11) is 0. The van der Waals surface area contributed by atoms with Crippen LogP contribution in [0, 0.1) is 5.82 Å². The van der Waals surface area contributed by atoms with Crippen LogP contribution < -0.4 is 0 Å². The molecular formula is C11H13FO2. The zero-order chi connectivity index (χ0) is 10.4. The fraction of sp³-hybridized carbons (Fsp3) is 0.364. The Bertz CT molecular complexity index is 293. The number of benzene rings is 1. The van der Waals surface area contributed by atoms with Gasteiger partial charge in [0, 0.05) is 12.2 Å². The summed E-state index contributed by atoms with van der Waals surface area (Å²) >= 11 is 0. The van der Waals surface area contributed by atoms with E-state index in [1.54, 1.807) is 0 Å². The van der Waals surface area contributed by atoms with Crippen molar-refractivity contribution < 1.29 is 13.9 Å². The minimum Gasteiger partial charge on any atom is -0.373 e. The van der Waals surface area contributed by atoms with E-state index in [-0.39, 0.29) is 18.2 Å². The molecule has 3 heteroatoms. The molecule has 0 unspecified atom stereocenters. The number of hydrogen-bond acceptors (Lipinski definition) is 2. The number of hydrogen-bond donors (Lipinski definition) is 0. The highest BCUT2D eigenvalue weighted by atomic mass is 19.1. The van der Waals surface area contributed by atoms with Crippen LogP contribution in [-0.4, -0.2) is 19.0 Å². The van der Waals surface area contributed by atoms with Crippen LogP contribution >= 0.6 is 0 Å². The van der Waals surface area contributed by atoms with Gasteiger partial charge in [-0.25, -0.2) is 4.39 Å². The highest BCUT2D eigenvalue weighted by molar-refractivity contribution is 5.96. The minimum atomic E-state index is -0.337. The second-order valence-electron chi connectivity index (χ2n) is 2.98. The van der Waals surface area contributed by atoms with E-state index in [1.807, 2.05) is 6.92 Å². The molecule has 0 saturated heterocycles. The van der Waals surface area contributed by atoms with Crippen LogP contribution in [0.3, 0.4) is 0 Å². The first-order valence-corrected chi connectivity index (χ1v) is 4.60. The average molecular weight is 196 g/mol. The maximum atomic E-state index is 12.5. The van der Waals surface area contributed by atoms with Crippen LogP contribution in [0.25, 0.3) is 0 Å².